The molecule has 0 rings (SSSR count). The van der Waals surface area contributed by atoms with Gasteiger partial charge in [0, 0.05) is 6.92 Å². The Bertz CT molecular complexity index is 397. The molecule has 0 bridgehead atoms. The topological polar surface area (TPSA) is 108 Å². The van der Waals surface area contributed by atoms with Crippen molar-refractivity contribution < 1.29 is 33.4 Å². The summed E-state index contributed by atoms with van der Waals surface area (Å²) in [6.07, 6.45) is -0.266. The van der Waals surface area contributed by atoms with Gasteiger partial charge in [0.15, 0.2) is 0 Å². The monoisotopic (exact) mass is 321 g/mol. The van der Waals surface area contributed by atoms with Crippen molar-refractivity contribution in [2.45, 2.75) is 39.0 Å². The van der Waals surface area contributed by atoms with Crippen molar-refractivity contribution in [3.8, 4) is 0 Å². The molecule has 0 aliphatic rings. The summed E-state index contributed by atoms with van der Waals surface area (Å²) in [5, 5.41) is 0.817. The van der Waals surface area contributed by atoms with E-state index in [2.05, 4.69) is 14.8 Å². The minimum absolute atomic E-state index is 0.266. The Hall–Kier alpha value is -1.77. The van der Waals surface area contributed by atoms with Gasteiger partial charge in [0.1, 0.15) is 6.54 Å². The van der Waals surface area contributed by atoms with Gasteiger partial charge in [-0.1, -0.05) is 0 Å². The second-order valence-electron chi connectivity index (χ2n) is 4.16. The highest BCUT2D eigenvalue weighted by Crippen LogP contribution is 2.13. The van der Waals surface area contributed by atoms with Gasteiger partial charge in [-0.15, -0.1) is 0 Å². The van der Waals surface area contributed by atoms with E-state index < -0.39 is 35.2 Å². The summed E-state index contributed by atoms with van der Waals surface area (Å²) in [4.78, 5) is 44.6. The van der Waals surface area contributed by atoms with Crippen LogP contribution < -0.4 is 5.32 Å². The minimum atomic E-state index is -0.762. The zero-order valence-electron chi connectivity index (χ0n) is 12.3. The van der Waals surface area contributed by atoms with E-state index in [-0.39, 0.29) is 12.6 Å². The molecule has 0 fully saturated rings. The maximum atomic E-state index is 11.6. The maximum Gasteiger partial charge on any atom is 0.370 e. The van der Waals surface area contributed by atoms with Crippen LogP contribution in [-0.4, -0.2) is 47.8 Å². The van der Waals surface area contributed by atoms with Gasteiger partial charge < -0.3 is 19.5 Å². The molecule has 0 aliphatic heterocycles. The Balaban J connectivity index is 3.96. The number of esters is 2. The Morgan fingerprint density at radius 1 is 1.10 bits per heavy atom. The minimum Gasteiger partial charge on any atom is -0.462 e. The van der Waals surface area contributed by atoms with Crippen LogP contribution in [0.1, 0.15) is 27.7 Å². The fraction of sp³-hybridized carbons (Fsp3) is 0.667. The van der Waals surface area contributed by atoms with Crippen molar-refractivity contribution >= 4 is 34.9 Å². The number of carbonyl (C=O) groups is 4. The smallest absolute Gasteiger partial charge is 0.370 e. The van der Waals surface area contributed by atoms with Gasteiger partial charge in [-0.25, -0.2) is 4.79 Å². The number of hydrogen-bond acceptors (Lipinski definition) is 8. The molecular weight excluding hydrogens is 302 g/mol. The third-order valence-electron chi connectivity index (χ3n) is 1.86. The zero-order valence-corrected chi connectivity index (χ0v) is 13.2. The van der Waals surface area contributed by atoms with Crippen LogP contribution in [0.15, 0.2) is 0 Å². The SMILES string of the molecule is CC(=O)OCOC(=O)SC(C)C(=O)NCC(=O)OC(C)C. The molecule has 1 amide bonds. The number of carbonyl (C=O) groups excluding carboxylic acids is 4. The molecule has 0 heterocycles. The predicted octanol–water partition coefficient (Wildman–Crippen LogP) is 0.833. The van der Waals surface area contributed by atoms with Crippen molar-refractivity contribution in [2.24, 2.45) is 0 Å². The van der Waals surface area contributed by atoms with Crippen LogP contribution in [-0.2, 0) is 28.6 Å². The fourth-order valence-electron chi connectivity index (χ4n) is 1.00. The largest absolute Gasteiger partial charge is 0.462 e. The lowest BCUT2D eigenvalue weighted by Gasteiger charge is -2.12. The molecule has 1 N–H and O–H groups in total. The van der Waals surface area contributed by atoms with E-state index >= 15 is 0 Å². The van der Waals surface area contributed by atoms with Gasteiger partial charge in [-0.3, -0.25) is 14.4 Å². The first-order valence-corrected chi connectivity index (χ1v) is 7.04. The lowest BCUT2D eigenvalue weighted by molar-refractivity contribution is -0.148. The molecular formula is C12H19NO7S. The van der Waals surface area contributed by atoms with E-state index in [1.54, 1.807) is 13.8 Å². The molecule has 1 unspecified atom stereocenters. The standard InChI is InChI=1S/C12H19NO7S/c1-7(2)20-10(15)5-13-11(16)8(3)21-12(17)19-6-18-9(4)14/h7-8H,5-6H2,1-4H3,(H,13,16). The molecule has 0 aromatic rings. The normalized spacial score (nSPS) is 11.5. The predicted molar refractivity (Wildman–Crippen MR) is 74.4 cm³/mol. The second kappa shape index (κ2) is 10.0. The van der Waals surface area contributed by atoms with Gasteiger partial charge >= 0.3 is 17.2 Å². The maximum absolute atomic E-state index is 11.6. The zero-order chi connectivity index (χ0) is 16.4. The molecule has 0 saturated carbocycles. The number of thioether (sulfide) groups is 1. The quantitative estimate of drug-likeness (QED) is 0.542. The van der Waals surface area contributed by atoms with Crippen LogP contribution in [0.25, 0.3) is 0 Å². The van der Waals surface area contributed by atoms with Crippen molar-refractivity contribution in [1.82, 2.24) is 5.32 Å². The lowest BCUT2D eigenvalue weighted by atomic mass is 10.4. The van der Waals surface area contributed by atoms with E-state index in [1.165, 1.54) is 13.8 Å². The Morgan fingerprint density at radius 3 is 2.24 bits per heavy atom. The highest BCUT2D eigenvalue weighted by molar-refractivity contribution is 8.14. The highest BCUT2D eigenvalue weighted by atomic mass is 32.2. The molecule has 1 atom stereocenters. The molecule has 120 valence electrons. The van der Waals surface area contributed by atoms with Gasteiger partial charge in [-0.05, 0) is 32.5 Å². The fourth-order valence-corrected chi connectivity index (χ4v) is 1.60. The molecule has 21 heavy (non-hydrogen) atoms. The summed E-state index contributed by atoms with van der Waals surface area (Å²) < 4.78 is 13.8. The molecule has 9 heteroatoms. The summed E-state index contributed by atoms with van der Waals surface area (Å²) >= 11 is 0.608. The van der Waals surface area contributed by atoms with E-state index in [0.717, 1.165) is 0 Å². The second-order valence-corrected chi connectivity index (χ2v) is 5.44. The molecule has 0 aromatic carbocycles. The summed E-state index contributed by atoms with van der Waals surface area (Å²) in [6.45, 7) is 5.25. The van der Waals surface area contributed by atoms with Crippen LogP contribution in [0.4, 0.5) is 4.79 Å². The van der Waals surface area contributed by atoms with Crippen LogP contribution in [0.3, 0.4) is 0 Å². The first-order valence-electron chi connectivity index (χ1n) is 6.16. The third kappa shape index (κ3) is 10.7. The summed E-state index contributed by atoms with van der Waals surface area (Å²) in [5.74, 6) is -1.65. The molecule has 0 saturated heterocycles. The molecule has 0 aromatic heterocycles. The van der Waals surface area contributed by atoms with Crippen LogP contribution >= 0.6 is 11.8 Å². The average molecular weight is 321 g/mol. The lowest BCUT2D eigenvalue weighted by Crippen LogP contribution is -2.36. The third-order valence-corrected chi connectivity index (χ3v) is 2.73. The van der Waals surface area contributed by atoms with Gasteiger partial charge in [0.05, 0.1) is 11.4 Å². The highest BCUT2D eigenvalue weighted by Gasteiger charge is 2.20. The van der Waals surface area contributed by atoms with Crippen molar-refractivity contribution in [3.05, 3.63) is 0 Å². The summed E-state index contributed by atoms with van der Waals surface area (Å²) in [6, 6.07) is 0. The average Bonchev–Trinajstić information content (AvgIpc) is 2.34. The molecule has 8 nitrogen and oxygen atoms in total. The van der Waals surface area contributed by atoms with Crippen LogP contribution in [0.2, 0.25) is 0 Å². The Morgan fingerprint density at radius 2 is 1.71 bits per heavy atom. The first kappa shape index (κ1) is 19.2. The number of hydrogen-bond donors (Lipinski definition) is 1. The summed E-state index contributed by atoms with van der Waals surface area (Å²) in [5.41, 5.74) is 0. The van der Waals surface area contributed by atoms with Crippen molar-refractivity contribution in [3.63, 3.8) is 0 Å². The number of rotatable bonds is 7. The van der Waals surface area contributed by atoms with Gasteiger partial charge in [0.25, 0.3) is 0 Å². The van der Waals surface area contributed by atoms with Gasteiger partial charge in [-0.2, -0.15) is 0 Å². The number of amides is 1. The Labute approximate surface area is 126 Å². The molecule has 0 spiro atoms. The van der Waals surface area contributed by atoms with E-state index in [9.17, 15) is 19.2 Å². The van der Waals surface area contributed by atoms with E-state index in [0.29, 0.717) is 11.8 Å². The molecule has 0 aliphatic carbocycles. The van der Waals surface area contributed by atoms with E-state index in [1.807, 2.05) is 0 Å². The van der Waals surface area contributed by atoms with Crippen LogP contribution in [0.5, 0.6) is 0 Å². The van der Waals surface area contributed by atoms with Gasteiger partial charge in [0.2, 0.25) is 12.7 Å². The first-order chi connectivity index (χ1) is 9.72. The van der Waals surface area contributed by atoms with Crippen molar-refractivity contribution in [1.29, 1.82) is 0 Å². The van der Waals surface area contributed by atoms with Crippen molar-refractivity contribution in [2.75, 3.05) is 13.3 Å². The number of nitrogens with one attached hydrogen (secondary N) is 1. The molecule has 0 radical (unpaired) electrons. The Kier molecular flexibility index (Phi) is 9.18. The van der Waals surface area contributed by atoms with E-state index in [4.69, 9.17) is 4.74 Å². The van der Waals surface area contributed by atoms with Crippen LogP contribution in [0, 0.1) is 0 Å². The number of ether oxygens (including phenoxy) is 3. The summed E-state index contributed by atoms with van der Waals surface area (Å²) in [7, 11) is 0.